The van der Waals surface area contributed by atoms with Crippen LogP contribution in [0, 0.1) is 11.8 Å². The number of fused-ring (bicyclic) bond motifs is 1. The molecule has 0 radical (unpaired) electrons. The summed E-state index contributed by atoms with van der Waals surface area (Å²) in [5.41, 5.74) is 0.979. The Bertz CT molecular complexity index is 432. The lowest BCUT2D eigenvalue weighted by atomic mass is 9.90. The fraction of sp³-hybridized carbons (Fsp3) is 0.583. The van der Waals surface area contributed by atoms with E-state index >= 15 is 0 Å². The first-order valence-corrected chi connectivity index (χ1v) is 6.55. The standard InChI is InChI=1S/C12H18N2OS/c1-8(2)9(3)11(15)6-10-7-14-4-5-16-12(14)13-10/h4-5,7-9,11,15H,6H2,1-3H3. The summed E-state index contributed by atoms with van der Waals surface area (Å²) in [4.78, 5) is 5.48. The van der Waals surface area contributed by atoms with Gasteiger partial charge < -0.3 is 5.11 Å². The van der Waals surface area contributed by atoms with Crippen molar-refractivity contribution < 1.29 is 5.11 Å². The van der Waals surface area contributed by atoms with E-state index in [2.05, 4.69) is 25.8 Å². The fourth-order valence-electron chi connectivity index (χ4n) is 1.72. The lowest BCUT2D eigenvalue weighted by Crippen LogP contribution is -2.24. The third-order valence-corrected chi connectivity index (χ3v) is 3.99. The lowest BCUT2D eigenvalue weighted by Gasteiger charge is -2.21. The van der Waals surface area contributed by atoms with Crippen LogP contribution in [0.15, 0.2) is 17.8 Å². The normalized spacial score (nSPS) is 15.8. The summed E-state index contributed by atoms with van der Waals surface area (Å²) >= 11 is 1.62. The van der Waals surface area contributed by atoms with E-state index in [-0.39, 0.29) is 6.10 Å². The van der Waals surface area contributed by atoms with E-state index in [4.69, 9.17) is 0 Å². The molecule has 4 heteroatoms. The van der Waals surface area contributed by atoms with Crippen molar-refractivity contribution in [3.05, 3.63) is 23.5 Å². The minimum absolute atomic E-state index is 0.301. The first-order chi connectivity index (χ1) is 7.58. The molecule has 2 rings (SSSR count). The minimum atomic E-state index is -0.301. The topological polar surface area (TPSA) is 37.5 Å². The number of hydrogen-bond donors (Lipinski definition) is 1. The Hall–Kier alpha value is -0.870. The maximum atomic E-state index is 10.1. The van der Waals surface area contributed by atoms with E-state index < -0.39 is 0 Å². The first kappa shape index (κ1) is 11.6. The van der Waals surface area contributed by atoms with Crippen LogP contribution in [0.3, 0.4) is 0 Å². The van der Waals surface area contributed by atoms with Crippen molar-refractivity contribution in [2.45, 2.75) is 33.3 Å². The zero-order valence-corrected chi connectivity index (χ0v) is 10.7. The summed E-state index contributed by atoms with van der Waals surface area (Å²) in [5.74, 6) is 0.804. The molecular formula is C12H18N2OS. The van der Waals surface area contributed by atoms with Crippen LogP contribution in [-0.4, -0.2) is 20.6 Å². The Labute approximate surface area is 99.8 Å². The van der Waals surface area contributed by atoms with E-state index in [1.807, 2.05) is 22.2 Å². The molecule has 0 saturated carbocycles. The van der Waals surface area contributed by atoms with E-state index in [1.54, 1.807) is 11.3 Å². The largest absolute Gasteiger partial charge is 0.392 e. The highest BCUT2D eigenvalue weighted by Crippen LogP contribution is 2.19. The van der Waals surface area contributed by atoms with Crippen LogP contribution in [0.1, 0.15) is 26.5 Å². The van der Waals surface area contributed by atoms with Crippen LogP contribution in [0.2, 0.25) is 0 Å². The quantitative estimate of drug-likeness (QED) is 0.889. The van der Waals surface area contributed by atoms with Crippen LogP contribution in [0.4, 0.5) is 0 Å². The van der Waals surface area contributed by atoms with Gasteiger partial charge in [0, 0.05) is 24.2 Å². The van der Waals surface area contributed by atoms with Crippen LogP contribution >= 0.6 is 11.3 Å². The summed E-state index contributed by atoms with van der Waals surface area (Å²) in [6, 6.07) is 0. The van der Waals surface area contributed by atoms with E-state index in [9.17, 15) is 5.11 Å². The third kappa shape index (κ3) is 2.28. The number of rotatable bonds is 4. The summed E-state index contributed by atoms with van der Waals surface area (Å²) in [6.07, 6.45) is 4.34. The molecule has 0 amide bonds. The highest BCUT2D eigenvalue weighted by Gasteiger charge is 2.19. The van der Waals surface area contributed by atoms with Crippen molar-refractivity contribution in [3.8, 4) is 0 Å². The first-order valence-electron chi connectivity index (χ1n) is 5.67. The van der Waals surface area contributed by atoms with Crippen LogP contribution < -0.4 is 0 Å². The molecule has 2 atom stereocenters. The second-order valence-electron chi connectivity index (χ2n) is 4.70. The molecule has 2 aromatic rings. The van der Waals surface area contributed by atoms with Gasteiger partial charge in [-0.2, -0.15) is 0 Å². The summed E-state index contributed by atoms with van der Waals surface area (Å²) in [6.45, 7) is 6.37. The molecule has 3 nitrogen and oxygen atoms in total. The SMILES string of the molecule is CC(C)C(C)C(O)Cc1cn2ccsc2n1. The van der Waals surface area contributed by atoms with Crippen LogP contribution in [0.25, 0.3) is 4.96 Å². The van der Waals surface area contributed by atoms with Gasteiger partial charge in [0.2, 0.25) is 0 Å². The number of aliphatic hydroxyl groups excluding tert-OH is 1. The molecule has 0 spiro atoms. The highest BCUT2D eigenvalue weighted by molar-refractivity contribution is 7.15. The lowest BCUT2D eigenvalue weighted by molar-refractivity contribution is 0.0914. The number of aromatic nitrogens is 2. The Morgan fingerprint density at radius 1 is 1.44 bits per heavy atom. The van der Waals surface area contributed by atoms with Gasteiger partial charge >= 0.3 is 0 Å². The molecule has 0 saturated heterocycles. The number of imidazole rings is 1. The molecular weight excluding hydrogens is 220 g/mol. The monoisotopic (exact) mass is 238 g/mol. The molecule has 0 aliphatic carbocycles. The zero-order chi connectivity index (χ0) is 11.7. The highest BCUT2D eigenvalue weighted by atomic mass is 32.1. The van der Waals surface area contributed by atoms with E-state index in [0.29, 0.717) is 18.3 Å². The Morgan fingerprint density at radius 2 is 2.19 bits per heavy atom. The minimum Gasteiger partial charge on any atom is -0.392 e. The summed E-state index contributed by atoms with van der Waals surface area (Å²) in [7, 11) is 0. The summed E-state index contributed by atoms with van der Waals surface area (Å²) in [5, 5.41) is 12.1. The number of thiazole rings is 1. The van der Waals surface area contributed by atoms with Gasteiger partial charge in [-0.3, -0.25) is 4.40 Å². The smallest absolute Gasteiger partial charge is 0.193 e. The molecule has 0 fully saturated rings. The van der Waals surface area contributed by atoms with Crippen molar-refractivity contribution in [2.24, 2.45) is 11.8 Å². The second kappa shape index (κ2) is 4.55. The second-order valence-corrected chi connectivity index (χ2v) is 5.57. The molecule has 0 bridgehead atoms. The molecule has 0 aliphatic rings. The molecule has 2 aromatic heterocycles. The number of aliphatic hydroxyl groups is 1. The Balaban J connectivity index is 2.07. The van der Waals surface area contributed by atoms with Crippen molar-refractivity contribution in [1.29, 1.82) is 0 Å². The number of hydrogen-bond acceptors (Lipinski definition) is 3. The van der Waals surface area contributed by atoms with Crippen LogP contribution in [0.5, 0.6) is 0 Å². The van der Waals surface area contributed by atoms with Gasteiger partial charge in [0.15, 0.2) is 4.96 Å². The zero-order valence-electron chi connectivity index (χ0n) is 9.92. The average molecular weight is 238 g/mol. The molecule has 88 valence electrons. The molecule has 0 aromatic carbocycles. The fourth-order valence-corrected chi connectivity index (χ4v) is 2.44. The maximum absolute atomic E-state index is 10.1. The van der Waals surface area contributed by atoms with Gasteiger partial charge in [0.05, 0.1) is 11.8 Å². The predicted molar refractivity (Wildman–Crippen MR) is 66.8 cm³/mol. The van der Waals surface area contributed by atoms with Gasteiger partial charge in [-0.15, -0.1) is 11.3 Å². The van der Waals surface area contributed by atoms with Gasteiger partial charge in [0.1, 0.15) is 0 Å². The molecule has 0 aliphatic heterocycles. The molecule has 2 unspecified atom stereocenters. The van der Waals surface area contributed by atoms with E-state index in [0.717, 1.165) is 10.7 Å². The van der Waals surface area contributed by atoms with Crippen molar-refractivity contribution in [2.75, 3.05) is 0 Å². The summed E-state index contributed by atoms with van der Waals surface area (Å²) < 4.78 is 2.01. The van der Waals surface area contributed by atoms with Gasteiger partial charge in [-0.05, 0) is 11.8 Å². The average Bonchev–Trinajstić information content (AvgIpc) is 2.76. The van der Waals surface area contributed by atoms with Crippen molar-refractivity contribution >= 4 is 16.3 Å². The molecule has 16 heavy (non-hydrogen) atoms. The molecule has 2 heterocycles. The van der Waals surface area contributed by atoms with Gasteiger partial charge in [0.25, 0.3) is 0 Å². The van der Waals surface area contributed by atoms with E-state index in [1.165, 1.54) is 0 Å². The van der Waals surface area contributed by atoms with Crippen molar-refractivity contribution in [3.63, 3.8) is 0 Å². The van der Waals surface area contributed by atoms with Gasteiger partial charge in [-0.25, -0.2) is 4.98 Å². The Kier molecular flexibility index (Phi) is 3.30. The maximum Gasteiger partial charge on any atom is 0.193 e. The molecule has 1 N–H and O–H groups in total. The predicted octanol–water partition coefficient (Wildman–Crippen LogP) is 2.59. The van der Waals surface area contributed by atoms with Crippen LogP contribution in [-0.2, 0) is 6.42 Å². The Morgan fingerprint density at radius 3 is 2.81 bits per heavy atom. The van der Waals surface area contributed by atoms with Gasteiger partial charge in [-0.1, -0.05) is 20.8 Å². The number of nitrogens with zero attached hydrogens (tertiary/aromatic N) is 2. The third-order valence-electron chi connectivity index (χ3n) is 3.22. The van der Waals surface area contributed by atoms with Crippen molar-refractivity contribution in [1.82, 2.24) is 9.38 Å².